The molecule has 0 saturated carbocycles. The van der Waals surface area contributed by atoms with Crippen molar-refractivity contribution in [2.75, 3.05) is 39.5 Å². The van der Waals surface area contributed by atoms with Gasteiger partial charge in [0.25, 0.3) is 0 Å². The van der Waals surface area contributed by atoms with Crippen molar-refractivity contribution in [2.24, 2.45) is 5.73 Å². The lowest BCUT2D eigenvalue weighted by Gasteiger charge is -2.17. The minimum Gasteiger partial charge on any atom is -0.480 e. The van der Waals surface area contributed by atoms with Gasteiger partial charge in [-0.05, 0) is 6.42 Å². The molecular weight excluding hydrogens is 252 g/mol. The first-order valence-corrected chi connectivity index (χ1v) is 6.56. The largest absolute Gasteiger partial charge is 0.480 e. The quantitative estimate of drug-likeness (QED) is 0.342. The number of aliphatic hydroxyl groups is 3. The summed E-state index contributed by atoms with van der Waals surface area (Å²) in [6, 6.07) is -0.662. The second-order valence-corrected chi connectivity index (χ2v) is 4.10. The van der Waals surface area contributed by atoms with E-state index in [4.69, 9.17) is 26.2 Å². The fraction of sp³-hybridized carbons (Fsp3) is 0.917. The number of nitrogens with zero attached hydrogens (tertiary/aromatic N) is 1. The molecule has 0 spiro atoms. The lowest BCUT2D eigenvalue weighted by atomic mass is 10.1. The van der Waals surface area contributed by atoms with Crippen molar-refractivity contribution in [2.45, 2.75) is 32.2 Å². The van der Waals surface area contributed by atoms with Crippen LogP contribution in [0.4, 0.5) is 0 Å². The molecule has 116 valence electrons. The molecule has 0 bridgehead atoms. The standard InChI is InChI=1S/C6H15NO3.C6H13NO2/c8-4-1-7(2-5-9)3-6-10;1-2-3-4-5(7)6(8)9/h8-10H,1-6H2;5H,2-4,7H2,1H3,(H,8,9). The molecule has 1 unspecified atom stereocenters. The van der Waals surface area contributed by atoms with Crippen molar-refractivity contribution in [1.82, 2.24) is 4.90 Å². The van der Waals surface area contributed by atoms with Gasteiger partial charge in [0, 0.05) is 19.6 Å². The van der Waals surface area contributed by atoms with Gasteiger partial charge >= 0.3 is 5.97 Å². The lowest BCUT2D eigenvalue weighted by molar-refractivity contribution is -0.138. The molecule has 7 nitrogen and oxygen atoms in total. The number of aliphatic carboxylic acids is 1. The molecule has 0 aliphatic heterocycles. The Hall–Kier alpha value is -0.730. The van der Waals surface area contributed by atoms with E-state index in [0.717, 1.165) is 12.8 Å². The van der Waals surface area contributed by atoms with E-state index in [-0.39, 0.29) is 19.8 Å². The molecule has 0 rings (SSSR count). The van der Waals surface area contributed by atoms with E-state index in [0.29, 0.717) is 26.1 Å². The van der Waals surface area contributed by atoms with E-state index in [1.807, 2.05) is 6.92 Å². The minimum absolute atomic E-state index is 0.0694. The third kappa shape index (κ3) is 15.2. The van der Waals surface area contributed by atoms with Gasteiger partial charge in [0.2, 0.25) is 0 Å². The highest BCUT2D eigenvalue weighted by Gasteiger charge is 2.08. The van der Waals surface area contributed by atoms with Crippen LogP contribution in [0.1, 0.15) is 26.2 Å². The molecule has 7 heteroatoms. The Morgan fingerprint density at radius 2 is 1.53 bits per heavy atom. The third-order valence-corrected chi connectivity index (χ3v) is 2.43. The Morgan fingerprint density at radius 3 is 1.79 bits per heavy atom. The van der Waals surface area contributed by atoms with Crippen LogP contribution in [0.15, 0.2) is 0 Å². The normalized spacial score (nSPS) is 11.9. The Labute approximate surface area is 114 Å². The number of unbranched alkanes of at least 4 members (excludes halogenated alkanes) is 1. The first-order valence-electron chi connectivity index (χ1n) is 6.56. The van der Waals surface area contributed by atoms with Gasteiger partial charge in [-0.25, -0.2) is 0 Å². The van der Waals surface area contributed by atoms with Crippen molar-refractivity contribution in [3.63, 3.8) is 0 Å². The summed E-state index contributed by atoms with van der Waals surface area (Å²) in [6.07, 6.45) is 2.49. The summed E-state index contributed by atoms with van der Waals surface area (Å²) < 4.78 is 0. The lowest BCUT2D eigenvalue weighted by Crippen LogP contribution is -2.32. The van der Waals surface area contributed by atoms with E-state index < -0.39 is 12.0 Å². The molecule has 0 heterocycles. The second-order valence-electron chi connectivity index (χ2n) is 4.10. The summed E-state index contributed by atoms with van der Waals surface area (Å²) in [5, 5.41) is 33.7. The van der Waals surface area contributed by atoms with E-state index in [1.54, 1.807) is 4.90 Å². The summed E-state index contributed by atoms with van der Waals surface area (Å²) in [5.41, 5.74) is 5.20. The molecule has 0 radical (unpaired) electrons. The molecule has 0 amide bonds. The van der Waals surface area contributed by atoms with Crippen molar-refractivity contribution < 1.29 is 25.2 Å². The zero-order chi connectivity index (χ0) is 15.1. The van der Waals surface area contributed by atoms with Crippen LogP contribution in [-0.2, 0) is 4.79 Å². The topological polar surface area (TPSA) is 127 Å². The van der Waals surface area contributed by atoms with Crippen molar-refractivity contribution in [3.8, 4) is 0 Å². The van der Waals surface area contributed by atoms with Crippen LogP contribution in [0.5, 0.6) is 0 Å². The third-order valence-electron chi connectivity index (χ3n) is 2.43. The van der Waals surface area contributed by atoms with Crippen LogP contribution in [0.3, 0.4) is 0 Å². The van der Waals surface area contributed by atoms with Gasteiger partial charge < -0.3 is 26.2 Å². The highest BCUT2D eigenvalue weighted by Crippen LogP contribution is 1.96. The van der Waals surface area contributed by atoms with Gasteiger partial charge in [-0.1, -0.05) is 19.8 Å². The maximum Gasteiger partial charge on any atom is 0.320 e. The average molecular weight is 280 g/mol. The summed E-state index contributed by atoms with van der Waals surface area (Å²) in [6.45, 7) is 3.76. The first kappa shape index (κ1) is 20.6. The van der Waals surface area contributed by atoms with Crippen LogP contribution in [0, 0.1) is 0 Å². The van der Waals surface area contributed by atoms with E-state index in [1.165, 1.54) is 0 Å². The first-order chi connectivity index (χ1) is 9.03. The average Bonchev–Trinajstić information content (AvgIpc) is 2.37. The van der Waals surface area contributed by atoms with Gasteiger partial charge in [-0.3, -0.25) is 9.69 Å². The Morgan fingerprint density at radius 1 is 1.11 bits per heavy atom. The molecule has 0 aromatic rings. The minimum atomic E-state index is -0.900. The smallest absolute Gasteiger partial charge is 0.320 e. The number of rotatable bonds is 10. The van der Waals surface area contributed by atoms with Gasteiger partial charge in [0.1, 0.15) is 6.04 Å². The van der Waals surface area contributed by atoms with Crippen LogP contribution in [0.2, 0.25) is 0 Å². The van der Waals surface area contributed by atoms with Crippen LogP contribution in [-0.4, -0.2) is 76.8 Å². The number of carboxylic acid groups (broad SMARTS) is 1. The maximum absolute atomic E-state index is 10.1. The summed E-state index contributed by atoms with van der Waals surface area (Å²) in [7, 11) is 0. The predicted molar refractivity (Wildman–Crippen MR) is 72.8 cm³/mol. The number of hydrogen-bond donors (Lipinski definition) is 5. The van der Waals surface area contributed by atoms with Crippen LogP contribution >= 0.6 is 0 Å². The van der Waals surface area contributed by atoms with E-state index in [9.17, 15) is 4.79 Å². The highest BCUT2D eigenvalue weighted by molar-refractivity contribution is 5.72. The van der Waals surface area contributed by atoms with Gasteiger partial charge in [-0.15, -0.1) is 0 Å². The van der Waals surface area contributed by atoms with Crippen molar-refractivity contribution in [3.05, 3.63) is 0 Å². The fourth-order valence-electron chi connectivity index (χ4n) is 1.31. The molecule has 6 N–H and O–H groups in total. The second kappa shape index (κ2) is 15.3. The SMILES string of the molecule is CCCCC(N)C(=O)O.OCCN(CCO)CCO. The molecule has 0 aromatic carbocycles. The zero-order valence-electron chi connectivity index (χ0n) is 11.7. The molecule has 0 aliphatic carbocycles. The Kier molecular flexibility index (Phi) is 16.6. The van der Waals surface area contributed by atoms with Gasteiger partial charge in [0.15, 0.2) is 0 Å². The Balaban J connectivity index is 0. The summed E-state index contributed by atoms with van der Waals surface area (Å²) in [4.78, 5) is 11.9. The van der Waals surface area contributed by atoms with Gasteiger partial charge in [-0.2, -0.15) is 0 Å². The fourth-order valence-corrected chi connectivity index (χ4v) is 1.31. The summed E-state index contributed by atoms with van der Waals surface area (Å²) >= 11 is 0. The number of carbonyl (C=O) groups is 1. The van der Waals surface area contributed by atoms with Gasteiger partial charge in [0.05, 0.1) is 19.8 Å². The van der Waals surface area contributed by atoms with Crippen LogP contribution in [0.25, 0.3) is 0 Å². The monoisotopic (exact) mass is 280 g/mol. The highest BCUT2D eigenvalue weighted by atomic mass is 16.4. The number of aliphatic hydroxyl groups excluding tert-OH is 3. The zero-order valence-corrected chi connectivity index (χ0v) is 11.7. The molecule has 19 heavy (non-hydrogen) atoms. The predicted octanol–water partition coefficient (Wildman–Crippen LogP) is -1.15. The van der Waals surface area contributed by atoms with E-state index in [2.05, 4.69) is 0 Å². The van der Waals surface area contributed by atoms with Crippen LogP contribution < -0.4 is 5.73 Å². The molecule has 0 fully saturated rings. The molecule has 0 aromatic heterocycles. The Bertz CT molecular complexity index is 190. The summed E-state index contributed by atoms with van der Waals surface area (Å²) in [5.74, 6) is -0.900. The number of nitrogens with two attached hydrogens (primary N) is 1. The molecular formula is C12H28N2O5. The molecule has 1 atom stereocenters. The molecule has 0 saturated heterocycles. The maximum atomic E-state index is 10.1. The number of hydrogen-bond acceptors (Lipinski definition) is 6. The number of carboxylic acids is 1. The molecule has 0 aliphatic rings. The van der Waals surface area contributed by atoms with E-state index >= 15 is 0 Å². The van der Waals surface area contributed by atoms with Crippen molar-refractivity contribution >= 4 is 5.97 Å². The van der Waals surface area contributed by atoms with Crippen molar-refractivity contribution in [1.29, 1.82) is 0 Å².